The largest absolute Gasteiger partial charge is 0.416 e. The van der Waals surface area contributed by atoms with Gasteiger partial charge in [0.05, 0.1) is 11.7 Å². The van der Waals surface area contributed by atoms with Crippen molar-refractivity contribution in [3.8, 4) is 0 Å². The van der Waals surface area contributed by atoms with E-state index in [1.165, 1.54) is 12.1 Å². The van der Waals surface area contributed by atoms with Crippen LogP contribution in [0.4, 0.5) is 18.0 Å². The molecule has 2 rings (SSSR count). The summed E-state index contributed by atoms with van der Waals surface area (Å²) in [6.45, 7) is 4.09. The van der Waals surface area contributed by atoms with E-state index in [1.807, 2.05) is 6.92 Å². The zero-order valence-electron chi connectivity index (χ0n) is 13.0. The average molecular weight is 330 g/mol. The van der Waals surface area contributed by atoms with Gasteiger partial charge in [0.25, 0.3) is 0 Å². The molecule has 0 aromatic heterocycles. The smallest absolute Gasteiger partial charge is 0.378 e. The van der Waals surface area contributed by atoms with Crippen LogP contribution in [0.2, 0.25) is 0 Å². The van der Waals surface area contributed by atoms with Crippen molar-refractivity contribution in [2.45, 2.75) is 38.6 Å². The molecule has 23 heavy (non-hydrogen) atoms. The number of rotatable bonds is 4. The van der Waals surface area contributed by atoms with Gasteiger partial charge in [-0.15, -0.1) is 0 Å². The van der Waals surface area contributed by atoms with Gasteiger partial charge in [0.2, 0.25) is 0 Å². The Morgan fingerprint density at radius 3 is 2.39 bits per heavy atom. The Hall–Kier alpha value is -1.76. The second kappa shape index (κ2) is 7.68. The van der Waals surface area contributed by atoms with Crippen molar-refractivity contribution in [3.63, 3.8) is 0 Å². The predicted molar refractivity (Wildman–Crippen MR) is 79.9 cm³/mol. The van der Waals surface area contributed by atoms with Gasteiger partial charge >= 0.3 is 12.2 Å². The van der Waals surface area contributed by atoms with Crippen LogP contribution >= 0.6 is 0 Å². The molecule has 0 unspecified atom stereocenters. The molecule has 0 aliphatic carbocycles. The van der Waals surface area contributed by atoms with Crippen molar-refractivity contribution in [1.82, 2.24) is 10.2 Å². The number of carbonyl (C=O) groups is 1. The van der Waals surface area contributed by atoms with Crippen LogP contribution < -0.4 is 5.32 Å². The molecular weight excluding hydrogens is 309 g/mol. The maximum Gasteiger partial charge on any atom is 0.416 e. The zero-order chi connectivity index (χ0) is 16.9. The molecule has 1 fully saturated rings. The van der Waals surface area contributed by atoms with Crippen molar-refractivity contribution >= 4 is 6.03 Å². The fourth-order valence-corrected chi connectivity index (χ4v) is 2.56. The summed E-state index contributed by atoms with van der Waals surface area (Å²) in [5, 5.41) is 2.74. The maximum absolute atomic E-state index is 12.5. The number of hydrogen-bond donors (Lipinski definition) is 1. The van der Waals surface area contributed by atoms with E-state index in [1.54, 1.807) is 4.90 Å². The molecule has 0 bridgehead atoms. The summed E-state index contributed by atoms with van der Waals surface area (Å²) in [4.78, 5) is 13.8. The molecule has 2 amide bonds. The highest BCUT2D eigenvalue weighted by molar-refractivity contribution is 5.74. The van der Waals surface area contributed by atoms with Crippen LogP contribution in [0.25, 0.3) is 0 Å². The highest BCUT2D eigenvalue weighted by Gasteiger charge is 2.30. The quantitative estimate of drug-likeness (QED) is 0.919. The summed E-state index contributed by atoms with van der Waals surface area (Å²) in [6, 6.07) is 4.61. The van der Waals surface area contributed by atoms with Crippen LogP contribution in [0.5, 0.6) is 0 Å². The molecule has 1 aliphatic rings. The van der Waals surface area contributed by atoms with Crippen molar-refractivity contribution in [2.75, 3.05) is 19.7 Å². The number of nitrogens with zero attached hydrogens (tertiary/aromatic N) is 1. The number of likely N-dealkylation sites (tertiary alicyclic amines) is 1. The molecule has 1 aliphatic heterocycles. The number of nitrogens with one attached hydrogen (secondary N) is 1. The standard InChI is InChI=1S/C16H21F3N2O2/c1-2-23-14-7-9-21(10-8-14)15(22)20-11-12-3-5-13(6-4-12)16(17,18)19/h3-6,14H,2,7-11H2,1H3,(H,20,22). The summed E-state index contributed by atoms with van der Waals surface area (Å²) in [6.07, 6.45) is -2.52. The molecule has 7 heteroatoms. The number of benzene rings is 1. The van der Waals surface area contributed by atoms with Crippen molar-refractivity contribution in [2.24, 2.45) is 0 Å². The van der Waals surface area contributed by atoms with Crippen LogP contribution in [0, 0.1) is 0 Å². The second-order valence-electron chi connectivity index (χ2n) is 5.50. The van der Waals surface area contributed by atoms with Crippen molar-refractivity contribution < 1.29 is 22.7 Å². The van der Waals surface area contributed by atoms with E-state index < -0.39 is 11.7 Å². The Kier molecular flexibility index (Phi) is 5.87. The molecule has 4 nitrogen and oxygen atoms in total. The normalized spacial score (nSPS) is 16.4. The first-order valence-electron chi connectivity index (χ1n) is 7.70. The van der Waals surface area contributed by atoms with E-state index in [0.717, 1.165) is 25.0 Å². The maximum atomic E-state index is 12.5. The van der Waals surface area contributed by atoms with E-state index in [0.29, 0.717) is 25.3 Å². The van der Waals surface area contributed by atoms with Gasteiger partial charge in [-0.3, -0.25) is 0 Å². The van der Waals surface area contributed by atoms with E-state index in [-0.39, 0.29) is 18.7 Å². The van der Waals surface area contributed by atoms with Gasteiger partial charge in [0, 0.05) is 26.2 Å². The van der Waals surface area contributed by atoms with Gasteiger partial charge < -0.3 is 15.0 Å². The monoisotopic (exact) mass is 330 g/mol. The van der Waals surface area contributed by atoms with E-state index in [4.69, 9.17) is 4.74 Å². The third-order valence-electron chi connectivity index (χ3n) is 3.86. The van der Waals surface area contributed by atoms with Gasteiger partial charge in [-0.05, 0) is 37.5 Å². The lowest BCUT2D eigenvalue weighted by molar-refractivity contribution is -0.137. The summed E-state index contributed by atoms with van der Waals surface area (Å²) in [5.41, 5.74) is -0.0545. The highest BCUT2D eigenvalue weighted by Crippen LogP contribution is 2.29. The number of hydrogen-bond acceptors (Lipinski definition) is 2. The lowest BCUT2D eigenvalue weighted by Gasteiger charge is -2.31. The van der Waals surface area contributed by atoms with Gasteiger partial charge in [0.1, 0.15) is 0 Å². The molecule has 0 saturated carbocycles. The number of alkyl halides is 3. The molecule has 1 saturated heterocycles. The van der Waals surface area contributed by atoms with Crippen LogP contribution in [0.15, 0.2) is 24.3 Å². The minimum Gasteiger partial charge on any atom is -0.378 e. The average Bonchev–Trinajstić information content (AvgIpc) is 2.53. The first-order valence-corrected chi connectivity index (χ1v) is 7.70. The lowest BCUT2D eigenvalue weighted by atomic mass is 10.1. The minimum absolute atomic E-state index is 0.195. The Bertz CT molecular complexity index is 509. The molecule has 0 spiro atoms. The molecule has 1 aromatic rings. The fraction of sp³-hybridized carbons (Fsp3) is 0.562. The van der Waals surface area contributed by atoms with Crippen molar-refractivity contribution in [1.29, 1.82) is 0 Å². The molecular formula is C16H21F3N2O2. The topological polar surface area (TPSA) is 41.6 Å². The summed E-state index contributed by atoms with van der Waals surface area (Å²) in [5.74, 6) is 0. The van der Waals surface area contributed by atoms with Crippen molar-refractivity contribution in [3.05, 3.63) is 35.4 Å². The summed E-state index contributed by atoms with van der Waals surface area (Å²) in [7, 11) is 0. The molecule has 0 radical (unpaired) electrons. The SMILES string of the molecule is CCOC1CCN(C(=O)NCc2ccc(C(F)(F)F)cc2)CC1. The number of carbonyl (C=O) groups excluding carboxylic acids is 1. The lowest BCUT2D eigenvalue weighted by Crippen LogP contribution is -2.45. The first kappa shape index (κ1) is 17.6. The second-order valence-corrected chi connectivity index (χ2v) is 5.50. The Balaban J connectivity index is 1.78. The Morgan fingerprint density at radius 1 is 1.26 bits per heavy atom. The highest BCUT2D eigenvalue weighted by atomic mass is 19.4. The van der Waals surface area contributed by atoms with Gasteiger partial charge in [-0.2, -0.15) is 13.2 Å². The van der Waals surface area contributed by atoms with Gasteiger partial charge in [-0.25, -0.2) is 4.79 Å². The van der Waals surface area contributed by atoms with Gasteiger partial charge in [0.15, 0.2) is 0 Å². The number of urea groups is 1. The molecule has 0 atom stereocenters. The molecule has 1 aromatic carbocycles. The Labute approximate surface area is 133 Å². The summed E-state index contributed by atoms with van der Waals surface area (Å²) >= 11 is 0. The molecule has 128 valence electrons. The van der Waals surface area contributed by atoms with Crippen LogP contribution in [-0.4, -0.2) is 36.7 Å². The van der Waals surface area contributed by atoms with Crippen LogP contribution in [0.3, 0.4) is 0 Å². The number of ether oxygens (including phenoxy) is 1. The summed E-state index contributed by atoms with van der Waals surface area (Å²) < 4.78 is 43.0. The van der Waals surface area contributed by atoms with Crippen LogP contribution in [-0.2, 0) is 17.5 Å². The molecule has 1 heterocycles. The molecule has 1 N–H and O–H groups in total. The Morgan fingerprint density at radius 2 is 1.87 bits per heavy atom. The van der Waals surface area contributed by atoms with E-state index in [2.05, 4.69) is 5.32 Å². The van der Waals surface area contributed by atoms with E-state index >= 15 is 0 Å². The van der Waals surface area contributed by atoms with E-state index in [9.17, 15) is 18.0 Å². The third-order valence-corrected chi connectivity index (χ3v) is 3.86. The minimum atomic E-state index is -4.34. The predicted octanol–water partition coefficient (Wildman–Crippen LogP) is 3.42. The fourth-order valence-electron chi connectivity index (χ4n) is 2.56. The number of amides is 2. The number of halogens is 3. The van der Waals surface area contributed by atoms with Gasteiger partial charge in [-0.1, -0.05) is 12.1 Å². The van der Waals surface area contributed by atoms with Crippen LogP contribution in [0.1, 0.15) is 30.9 Å². The first-order chi connectivity index (χ1) is 10.9. The zero-order valence-corrected chi connectivity index (χ0v) is 13.0. The number of piperidine rings is 1. The third kappa shape index (κ3) is 5.13.